The van der Waals surface area contributed by atoms with E-state index in [1.165, 1.54) is 5.56 Å². The maximum atomic E-state index is 4.10. The lowest BCUT2D eigenvalue weighted by Crippen LogP contribution is -2.24. The van der Waals surface area contributed by atoms with Crippen molar-refractivity contribution in [1.29, 1.82) is 0 Å². The van der Waals surface area contributed by atoms with Crippen molar-refractivity contribution in [2.24, 2.45) is 0 Å². The summed E-state index contributed by atoms with van der Waals surface area (Å²) in [6, 6.07) is 8.48. The average Bonchev–Trinajstić information content (AvgIpc) is 2.47. The molecule has 0 saturated heterocycles. The average molecular weight is 253 g/mol. The third kappa shape index (κ3) is 5.02. The Morgan fingerprint density at radius 1 is 1.16 bits per heavy atom. The fraction of sp³-hybridized carbons (Fsp3) is 0.250. The van der Waals surface area contributed by atoms with Crippen LogP contribution >= 0.6 is 0 Å². The Morgan fingerprint density at radius 3 is 2.63 bits per heavy atom. The molecule has 0 fully saturated rings. The van der Waals surface area contributed by atoms with Crippen LogP contribution in [-0.2, 0) is 6.54 Å². The molecule has 2 rings (SSSR count). The van der Waals surface area contributed by atoms with E-state index < -0.39 is 0 Å². The molecule has 0 amide bonds. The number of rotatable bonds is 6. The molecule has 0 aliphatic carbocycles. The van der Waals surface area contributed by atoms with E-state index in [2.05, 4.69) is 46.5 Å². The van der Waals surface area contributed by atoms with Crippen LogP contribution in [0.15, 0.2) is 55.1 Å². The lowest BCUT2D eigenvalue weighted by atomic mass is 10.2. The van der Waals surface area contributed by atoms with E-state index >= 15 is 0 Å². The van der Waals surface area contributed by atoms with Gasteiger partial charge in [-0.3, -0.25) is 9.97 Å². The normalized spacial score (nSPS) is 12.7. The van der Waals surface area contributed by atoms with Crippen molar-refractivity contribution in [2.45, 2.75) is 25.9 Å². The first-order chi connectivity index (χ1) is 9.34. The summed E-state index contributed by atoms with van der Waals surface area (Å²) >= 11 is 0. The van der Waals surface area contributed by atoms with Gasteiger partial charge in [0.15, 0.2) is 0 Å². The predicted octanol–water partition coefficient (Wildman–Crippen LogP) is 3.06. The highest BCUT2D eigenvalue weighted by Gasteiger charge is 1.98. The molecular formula is C16H19N3. The first-order valence-electron chi connectivity index (χ1n) is 6.53. The first-order valence-corrected chi connectivity index (χ1v) is 6.53. The molecule has 3 heteroatoms. The van der Waals surface area contributed by atoms with Crippen LogP contribution in [0.4, 0.5) is 0 Å². The second-order valence-corrected chi connectivity index (χ2v) is 4.57. The van der Waals surface area contributed by atoms with Crippen LogP contribution < -0.4 is 5.32 Å². The molecule has 2 aromatic heterocycles. The van der Waals surface area contributed by atoms with E-state index in [-0.39, 0.29) is 0 Å². The van der Waals surface area contributed by atoms with Gasteiger partial charge in [0.2, 0.25) is 0 Å². The largest absolute Gasteiger partial charge is 0.310 e. The molecule has 0 spiro atoms. The number of hydrogen-bond donors (Lipinski definition) is 1. The van der Waals surface area contributed by atoms with E-state index in [4.69, 9.17) is 0 Å². The molecular weight excluding hydrogens is 234 g/mol. The molecule has 0 aliphatic heterocycles. The molecule has 1 atom stereocenters. The highest BCUT2D eigenvalue weighted by molar-refractivity contribution is 5.47. The quantitative estimate of drug-likeness (QED) is 0.859. The Hall–Kier alpha value is -2.00. The minimum atomic E-state index is 0.438. The van der Waals surface area contributed by atoms with Crippen molar-refractivity contribution in [3.63, 3.8) is 0 Å². The van der Waals surface area contributed by atoms with Gasteiger partial charge in [0.1, 0.15) is 0 Å². The van der Waals surface area contributed by atoms with Gasteiger partial charge in [-0.1, -0.05) is 24.3 Å². The second kappa shape index (κ2) is 7.44. The van der Waals surface area contributed by atoms with Gasteiger partial charge in [0, 0.05) is 37.4 Å². The smallest absolute Gasteiger partial charge is 0.0340 e. The van der Waals surface area contributed by atoms with Crippen molar-refractivity contribution < 1.29 is 0 Å². The van der Waals surface area contributed by atoms with Crippen molar-refractivity contribution in [3.8, 4) is 0 Å². The monoisotopic (exact) mass is 253 g/mol. The van der Waals surface area contributed by atoms with E-state index in [0.29, 0.717) is 6.04 Å². The Labute approximate surface area is 114 Å². The maximum absolute atomic E-state index is 4.10. The van der Waals surface area contributed by atoms with Crippen LogP contribution in [0.25, 0.3) is 6.08 Å². The third-order valence-corrected chi connectivity index (χ3v) is 2.86. The van der Waals surface area contributed by atoms with E-state index in [1.807, 2.05) is 24.5 Å². The molecule has 98 valence electrons. The summed E-state index contributed by atoms with van der Waals surface area (Å²) in [6.45, 7) is 3.04. The molecule has 0 aliphatic rings. The van der Waals surface area contributed by atoms with Gasteiger partial charge in [0.25, 0.3) is 0 Å². The maximum Gasteiger partial charge on any atom is 0.0340 e. The summed E-state index contributed by atoms with van der Waals surface area (Å²) in [5.41, 5.74) is 2.35. The van der Waals surface area contributed by atoms with Crippen molar-refractivity contribution >= 4 is 6.08 Å². The van der Waals surface area contributed by atoms with Gasteiger partial charge >= 0.3 is 0 Å². The summed E-state index contributed by atoms with van der Waals surface area (Å²) < 4.78 is 0. The molecule has 2 heterocycles. The number of nitrogens with one attached hydrogen (secondary N) is 1. The van der Waals surface area contributed by atoms with Gasteiger partial charge < -0.3 is 5.32 Å². The fourth-order valence-electron chi connectivity index (χ4n) is 1.76. The zero-order valence-electron chi connectivity index (χ0n) is 11.2. The van der Waals surface area contributed by atoms with Gasteiger partial charge in [0.05, 0.1) is 0 Å². The Kier molecular flexibility index (Phi) is 5.26. The number of aromatic nitrogens is 2. The third-order valence-electron chi connectivity index (χ3n) is 2.86. The van der Waals surface area contributed by atoms with Crippen LogP contribution in [0.5, 0.6) is 0 Å². The van der Waals surface area contributed by atoms with Gasteiger partial charge in [-0.15, -0.1) is 0 Å². The van der Waals surface area contributed by atoms with Gasteiger partial charge in [-0.25, -0.2) is 0 Å². The zero-order chi connectivity index (χ0) is 13.3. The molecule has 2 aromatic rings. The Bertz CT molecular complexity index is 494. The van der Waals surface area contributed by atoms with Crippen LogP contribution in [0.1, 0.15) is 24.5 Å². The number of pyridine rings is 2. The Balaban J connectivity index is 1.73. The molecule has 0 radical (unpaired) electrons. The molecule has 1 unspecified atom stereocenters. The van der Waals surface area contributed by atoms with Gasteiger partial charge in [-0.2, -0.15) is 0 Å². The molecule has 1 N–H and O–H groups in total. The van der Waals surface area contributed by atoms with Crippen LogP contribution in [0, 0.1) is 0 Å². The fourth-order valence-corrected chi connectivity index (χ4v) is 1.76. The highest BCUT2D eigenvalue weighted by atomic mass is 14.9. The molecule has 0 saturated carbocycles. The standard InChI is InChI=1S/C16H19N3/c1-14(19-13-16-8-4-10-18-12-16)5-2-6-15-7-3-9-17-11-15/h2-4,6-12,14,19H,5,13H2,1H3. The van der Waals surface area contributed by atoms with Crippen LogP contribution in [0.3, 0.4) is 0 Å². The minimum Gasteiger partial charge on any atom is -0.310 e. The summed E-state index contributed by atoms with van der Waals surface area (Å²) in [4.78, 5) is 8.19. The highest BCUT2D eigenvalue weighted by Crippen LogP contribution is 2.02. The molecule has 0 bridgehead atoms. The topological polar surface area (TPSA) is 37.8 Å². The van der Waals surface area contributed by atoms with E-state index in [1.54, 1.807) is 12.4 Å². The first kappa shape index (κ1) is 13.4. The van der Waals surface area contributed by atoms with Gasteiger partial charge in [-0.05, 0) is 36.6 Å². The summed E-state index contributed by atoms with van der Waals surface area (Å²) in [5, 5.41) is 3.48. The SMILES string of the molecule is CC(CC=Cc1cccnc1)NCc1cccnc1. The summed E-state index contributed by atoms with van der Waals surface area (Å²) in [7, 11) is 0. The summed E-state index contributed by atoms with van der Waals surface area (Å²) in [6.07, 6.45) is 12.6. The minimum absolute atomic E-state index is 0.438. The molecule has 3 nitrogen and oxygen atoms in total. The lowest BCUT2D eigenvalue weighted by Gasteiger charge is -2.11. The lowest BCUT2D eigenvalue weighted by molar-refractivity contribution is 0.553. The second-order valence-electron chi connectivity index (χ2n) is 4.57. The van der Waals surface area contributed by atoms with E-state index in [0.717, 1.165) is 18.5 Å². The van der Waals surface area contributed by atoms with Crippen LogP contribution in [-0.4, -0.2) is 16.0 Å². The number of hydrogen-bond acceptors (Lipinski definition) is 3. The van der Waals surface area contributed by atoms with Crippen molar-refractivity contribution in [2.75, 3.05) is 0 Å². The van der Waals surface area contributed by atoms with E-state index in [9.17, 15) is 0 Å². The van der Waals surface area contributed by atoms with Crippen molar-refractivity contribution in [1.82, 2.24) is 15.3 Å². The number of nitrogens with zero attached hydrogens (tertiary/aromatic N) is 2. The van der Waals surface area contributed by atoms with Crippen molar-refractivity contribution in [3.05, 3.63) is 66.3 Å². The molecule has 0 aromatic carbocycles. The molecule has 19 heavy (non-hydrogen) atoms. The predicted molar refractivity (Wildman–Crippen MR) is 78.4 cm³/mol. The summed E-state index contributed by atoms with van der Waals surface area (Å²) in [5.74, 6) is 0. The zero-order valence-corrected chi connectivity index (χ0v) is 11.2. The van der Waals surface area contributed by atoms with Crippen LogP contribution in [0.2, 0.25) is 0 Å². The Morgan fingerprint density at radius 2 is 1.95 bits per heavy atom.